The maximum Gasteiger partial charge on any atom is 0.243 e. The third-order valence-corrected chi connectivity index (χ3v) is 7.17. The summed E-state index contributed by atoms with van der Waals surface area (Å²) >= 11 is 0. The molecule has 1 heterocycles. The van der Waals surface area contributed by atoms with E-state index < -0.39 is 10.0 Å². The van der Waals surface area contributed by atoms with Gasteiger partial charge in [-0.25, -0.2) is 13.4 Å². The fraction of sp³-hybridized carbons (Fsp3) is 0.619. The van der Waals surface area contributed by atoms with Crippen molar-refractivity contribution >= 4 is 45.9 Å². The number of guanidine groups is 1. The number of piperidine rings is 1. The number of hydrogen-bond donors (Lipinski definition) is 3. The van der Waals surface area contributed by atoms with Gasteiger partial charge in [-0.2, -0.15) is 4.31 Å². The Morgan fingerprint density at radius 1 is 1.10 bits per heavy atom. The van der Waals surface area contributed by atoms with Crippen molar-refractivity contribution < 1.29 is 13.2 Å². The summed E-state index contributed by atoms with van der Waals surface area (Å²) in [5.41, 5.74) is 0.840. The number of sulfonamides is 1. The van der Waals surface area contributed by atoms with Crippen molar-refractivity contribution in [3.8, 4) is 0 Å². The molecule has 0 radical (unpaired) electrons. The first-order valence-electron chi connectivity index (χ1n) is 10.9. The first-order chi connectivity index (χ1) is 14.5. The average Bonchev–Trinajstić information content (AvgIpc) is 3.61. The lowest BCUT2D eigenvalue weighted by atomic mass is 10.2. The van der Waals surface area contributed by atoms with Crippen LogP contribution in [0.2, 0.25) is 0 Å². The SMILES string of the molecule is CCNC(=NCc1cccc(S(=O)(=O)N2CCCCC2)c1)NCCNC(=O)C1CC1.I. The number of hydrogen-bond acceptors (Lipinski definition) is 4. The van der Waals surface area contributed by atoms with Crippen LogP contribution in [0, 0.1) is 5.92 Å². The predicted octanol–water partition coefficient (Wildman–Crippen LogP) is 2.06. The van der Waals surface area contributed by atoms with E-state index in [1.807, 2.05) is 13.0 Å². The number of carbonyl (C=O) groups is 1. The van der Waals surface area contributed by atoms with Crippen LogP contribution >= 0.6 is 24.0 Å². The van der Waals surface area contributed by atoms with E-state index in [4.69, 9.17) is 0 Å². The van der Waals surface area contributed by atoms with E-state index in [-0.39, 0.29) is 35.8 Å². The number of rotatable bonds is 9. The van der Waals surface area contributed by atoms with Crippen LogP contribution in [0.25, 0.3) is 0 Å². The number of nitrogens with zero attached hydrogens (tertiary/aromatic N) is 2. The molecule has 1 aliphatic heterocycles. The molecule has 31 heavy (non-hydrogen) atoms. The molecule has 1 saturated heterocycles. The van der Waals surface area contributed by atoms with Gasteiger partial charge < -0.3 is 16.0 Å². The normalized spacial score (nSPS) is 17.5. The highest BCUT2D eigenvalue weighted by Crippen LogP contribution is 2.28. The van der Waals surface area contributed by atoms with Crippen LogP contribution in [0.15, 0.2) is 34.2 Å². The molecule has 1 saturated carbocycles. The van der Waals surface area contributed by atoms with E-state index in [9.17, 15) is 13.2 Å². The fourth-order valence-electron chi connectivity index (χ4n) is 3.43. The summed E-state index contributed by atoms with van der Waals surface area (Å²) in [5.74, 6) is 0.980. The highest BCUT2D eigenvalue weighted by atomic mass is 127. The highest BCUT2D eigenvalue weighted by Gasteiger charge is 2.29. The van der Waals surface area contributed by atoms with Crippen LogP contribution in [-0.4, -0.2) is 57.3 Å². The Morgan fingerprint density at radius 2 is 1.81 bits per heavy atom. The minimum absolute atomic E-state index is 0. The highest BCUT2D eigenvalue weighted by molar-refractivity contribution is 14.0. The summed E-state index contributed by atoms with van der Waals surface area (Å²) in [5, 5.41) is 9.29. The second kappa shape index (κ2) is 12.6. The summed E-state index contributed by atoms with van der Waals surface area (Å²) in [7, 11) is -3.45. The standard InChI is InChI=1S/C21H33N5O3S.HI/c1-2-22-21(24-12-11-23-20(27)18-9-10-18)25-16-17-7-6-8-19(15-17)30(28,29)26-13-4-3-5-14-26;/h6-8,15,18H,2-5,9-14,16H2,1H3,(H,23,27)(H2,22,24,25);1H. The van der Waals surface area contributed by atoms with Crippen molar-refractivity contribution in [2.24, 2.45) is 10.9 Å². The van der Waals surface area contributed by atoms with Crippen molar-refractivity contribution in [3.05, 3.63) is 29.8 Å². The van der Waals surface area contributed by atoms with Crippen LogP contribution in [0.5, 0.6) is 0 Å². The quantitative estimate of drug-likeness (QED) is 0.185. The van der Waals surface area contributed by atoms with Crippen LogP contribution in [-0.2, 0) is 21.4 Å². The summed E-state index contributed by atoms with van der Waals surface area (Å²) in [6.07, 6.45) is 4.92. The average molecular weight is 564 g/mol. The van der Waals surface area contributed by atoms with Crippen LogP contribution < -0.4 is 16.0 Å². The number of benzene rings is 1. The van der Waals surface area contributed by atoms with Gasteiger partial charge in [-0.05, 0) is 50.3 Å². The third-order valence-electron chi connectivity index (χ3n) is 5.28. The molecule has 0 spiro atoms. The van der Waals surface area contributed by atoms with E-state index in [1.165, 1.54) is 0 Å². The van der Waals surface area contributed by atoms with Gasteiger partial charge in [-0.15, -0.1) is 24.0 Å². The van der Waals surface area contributed by atoms with E-state index in [2.05, 4.69) is 20.9 Å². The van der Waals surface area contributed by atoms with E-state index in [0.29, 0.717) is 50.1 Å². The van der Waals surface area contributed by atoms with Gasteiger partial charge in [-0.1, -0.05) is 18.6 Å². The molecule has 1 aliphatic carbocycles. The first kappa shape index (κ1) is 25.9. The van der Waals surface area contributed by atoms with E-state index >= 15 is 0 Å². The van der Waals surface area contributed by atoms with Crippen LogP contribution in [0.4, 0.5) is 0 Å². The largest absolute Gasteiger partial charge is 0.357 e. The molecule has 1 aromatic rings. The van der Waals surface area contributed by atoms with E-state index in [1.54, 1.807) is 22.5 Å². The van der Waals surface area contributed by atoms with E-state index in [0.717, 1.165) is 37.7 Å². The Labute approximate surface area is 202 Å². The van der Waals surface area contributed by atoms with Crippen molar-refractivity contribution in [2.45, 2.75) is 50.5 Å². The molecule has 10 heteroatoms. The molecule has 174 valence electrons. The van der Waals surface area contributed by atoms with Crippen molar-refractivity contribution in [1.29, 1.82) is 0 Å². The second-order valence-corrected chi connectivity index (χ2v) is 9.74. The second-order valence-electron chi connectivity index (χ2n) is 7.80. The summed E-state index contributed by atoms with van der Waals surface area (Å²) in [4.78, 5) is 16.6. The first-order valence-corrected chi connectivity index (χ1v) is 12.3. The minimum atomic E-state index is -3.45. The number of nitrogens with one attached hydrogen (secondary N) is 3. The molecule has 3 rings (SSSR count). The van der Waals surface area contributed by atoms with Gasteiger partial charge >= 0.3 is 0 Å². The molecule has 2 aliphatic rings. The lowest BCUT2D eigenvalue weighted by molar-refractivity contribution is -0.122. The maximum atomic E-state index is 12.9. The van der Waals surface area contributed by atoms with Gasteiger partial charge in [0.2, 0.25) is 15.9 Å². The molecular formula is C21H34IN5O3S. The lowest BCUT2D eigenvalue weighted by Crippen LogP contribution is -2.41. The van der Waals surface area contributed by atoms with Crippen LogP contribution in [0.1, 0.15) is 44.6 Å². The van der Waals surface area contributed by atoms with Gasteiger partial charge in [0.05, 0.1) is 11.4 Å². The fourth-order valence-corrected chi connectivity index (χ4v) is 5.02. The Kier molecular flexibility index (Phi) is 10.5. The Hall–Kier alpha value is -1.40. The van der Waals surface area contributed by atoms with Gasteiger partial charge in [0.25, 0.3) is 0 Å². The molecule has 0 unspecified atom stereocenters. The number of halogens is 1. The zero-order valence-electron chi connectivity index (χ0n) is 18.1. The Morgan fingerprint density at radius 3 is 2.48 bits per heavy atom. The van der Waals surface area contributed by atoms with Crippen molar-refractivity contribution in [1.82, 2.24) is 20.3 Å². The minimum Gasteiger partial charge on any atom is -0.357 e. The van der Waals surface area contributed by atoms with Gasteiger partial charge in [0.15, 0.2) is 5.96 Å². The third kappa shape index (κ3) is 7.90. The molecule has 1 amide bonds. The molecule has 2 fully saturated rings. The molecule has 0 bridgehead atoms. The van der Waals surface area contributed by atoms with Crippen LogP contribution in [0.3, 0.4) is 0 Å². The molecule has 3 N–H and O–H groups in total. The molecule has 8 nitrogen and oxygen atoms in total. The molecular weight excluding hydrogens is 529 g/mol. The lowest BCUT2D eigenvalue weighted by Gasteiger charge is -2.26. The summed E-state index contributed by atoms with van der Waals surface area (Å²) < 4.78 is 27.4. The Bertz CT molecular complexity index is 852. The molecule has 0 atom stereocenters. The van der Waals surface area contributed by atoms with Crippen molar-refractivity contribution in [2.75, 3.05) is 32.7 Å². The topological polar surface area (TPSA) is 103 Å². The summed E-state index contributed by atoms with van der Waals surface area (Å²) in [6.45, 7) is 5.37. The van der Waals surface area contributed by atoms with Gasteiger partial charge in [-0.3, -0.25) is 4.79 Å². The number of amides is 1. The van der Waals surface area contributed by atoms with Gasteiger partial charge in [0.1, 0.15) is 0 Å². The van der Waals surface area contributed by atoms with Crippen molar-refractivity contribution in [3.63, 3.8) is 0 Å². The number of carbonyl (C=O) groups excluding carboxylic acids is 1. The predicted molar refractivity (Wildman–Crippen MR) is 133 cm³/mol. The monoisotopic (exact) mass is 563 g/mol. The molecule has 1 aromatic carbocycles. The zero-order valence-corrected chi connectivity index (χ0v) is 21.2. The molecule has 0 aromatic heterocycles. The maximum absolute atomic E-state index is 12.9. The summed E-state index contributed by atoms with van der Waals surface area (Å²) in [6, 6.07) is 7.03. The zero-order chi connectivity index (χ0) is 21.4. The number of aliphatic imine (C=N–C) groups is 1. The Balaban J connectivity index is 0.00000341. The van der Waals surface area contributed by atoms with Gasteiger partial charge in [0, 0.05) is 38.6 Å². The smallest absolute Gasteiger partial charge is 0.243 e.